The van der Waals surface area contributed by atoms with E-state index >= 15 is 0 Å². The van der Waals surface area contributed by atoms with Crippen LogP contribution in [0, 0.1) is 0 Å². The molecule has 0 bridgehead atoms. The molecule has 0 atom stereocenters. The van der Waals surface area contributed by atoms with E-state index in [1.165, 1.54) is 16.4 Å². The number of rotatable bonds is 5. The van der Waals surface area contributed by atoms with Crippen molar-refractivity contribution < 1.29 is 0 Å². The Morgan fingerprint density at radius 1 is 1.31 bits per heavy atom. The maximum absolute atomic E-state index is 4.39. The predicted molar refractivity (Wildman–Crippen MR) is 69.8 cm³/mol. The van der Waals surface area contributed by atoms with Crippen molar-refractivity contribution in [2.45, 2.75) is 24.7 Å². The number of aryl methyl sites for hydroxylation is 1. The van der Waals surface area contributed by atoms with E-state index in [-0.39, 0.29) is 0 Å². The molecule has 3 nitrogen and oxygen atoms in total. The summed E-state index contributed by atoms with van der Waals surface area (Å²) < 4.78 is 7.47. The molecule has 0 aliphatic carbocycles. The van der Waals surface area contributed by atoms with Crippen LogP contribution in [0.2, 0.25) is 0 Å². The van der Waals surface area contributed by atoms with Crippen LogP contribution < -0.4 is 4.72 Å². The minimum absolute atomic E-state index is 0.873. The summed E-state index contributed by atoms with van der Waals surface area (Å²) in [5.41, 5.74) is 0. The van der Waals surface area contributed by atoms with Gasteiger partial charge in [0, 0.05) is 22.8 Å². The van der Waals surface area contributed by atoms with Gasteiger partial charge in [0.25, 0.3) is 0 Å². The first-order valence-corrected chi connectivity index (χ1v) is 6.78. The summed E-state index contributed by atoms with van der Waals surface area (Å²) in [7, 11) is 0. The normalized spacial score (nSPS) is 10.3. The molecule has 84 valence electrons. The first-order valence-electron chi connectivity index (χ1n) is 5.19. The molecular formula is C11H13N3S2. The van der Waals surface area contributed by atoms with E-state index < -0.39 is 0 Å². The van der Waals surface area contributed by atoms with Crippen LogP contribution in [0.4, 0.5) is 5.13 Å². The summed E-state index contributed by atoms with van der Waals surface area (Å²) in [5, 5.41) is 0.873. The highest BCUT2D eigenvalue weighted by Crippen LogP contribution is 2.22. The molecule has 0 amide bonds. The molecule has 0 spiro atoms. The molecule has 0 aliphatic rings. The third-order valence-electron chi connectivity index (χ3n) is 1.94. The standard InChI is InChI=1S/C11H13N3S2/c1-2-6-10-12-11(16-13-10)14-15-9-7-4-3-5-8-9/h3-5,7-8H,2,6H2,1H3,(H,12,13,14). The van der Waals surface area contributed by atoms with Gasteiger partial charge in [0.2, 0.25) is 5.13 Å². The zero-order chi connectivity index (χ0) is 11.2. The zero-order valence-corrected chi connectivity index (χ0v) is 10.6. The SMILES string of the molecule is CCCc1nsc(NSc2ccccc2)n1. The Labute approximate surface area is 104 Å². The molecule has 0 saturated heterocycles. The first kappa shape index (κ1) is 11.4. The minimum atomic E-state index is 0.873. The van der Waals surface area contributed by atoms with Gasteiger partial charge in [-0.2, -0.15) is 4.37 Å². The van der Waals surface area contributed by atoms with Crippen LogP contribution in [0.5, 0.6) is 0 Å². The maximum atomic E-state index is 4.39. The van der Waals surface area contributed by atoms with Gasteiger partial charge in [-0.3, -0.25) is 0 Å². The lowest BCUT2D eigenvalue weighted by Crippen LogP contribution is -1.88. The number of anilines is 1. The summed E-state index contributed by atoms with van der Waals surface area (Å²) in [4.78, 5) is 5.57. The zero-order valence-electron chi connectivity index (χ0n) is 9.01. The largest absolute Gasteiger partial charge is 0.300 e. The molecule has 2 rings (SSSR count). The van der Waals surface area contributed by atoms with Gasteiger partial charge in [-0.25, -0.2) is 4.98 Å². The third kappa shape index (κ3) is 3.21. The monoisotopic (exact) mass is 251 g/mol. The average molecular weight is 251 g/mol. The number of benzene rings is 1. The van der Waals surface area contributed by atoms with Gasteiger partial charge >= 0.3 is 0 Å². The summed E-state index contributed by atoms with van der Waals surface area (Å²) >= 11 is 2.98. The summed E-state index contributed by atoms with van der Waals surface area (Å²) in [6, 6.07) is 10.2. The van der Waals surface area contributed by atoms with Gasteiger partial charge in [-0.1, -0.05) is 25.1 Å². The number of aromatic nitrogens is 2. The number of hydrogen-bond acceptors (Lipinski definition) is 5. The summed E-state index contributed by atoms with van der Waals surface area (Å²) in [6.45, 7) is 2.13. The van der Waals surface area contributed by atoms with E-state index in [9.17, 15) is 0 Å². The fraction of sp³-hybridized carbons (Fsp3) is 0.273. The summed E-state index contributed by atoms with van der Waals surface area (Å²) in [6.07, 6.45) is 2.04. The molecule has 16 heavy (non-hydrogen) atoms. The molecule has 0 unspecified atom stereocenters. The van der Waals surface area contributed by atoms with E-state index in [0.717, 1.165) is 23.8 Å². The van der Waals surface area contributed by atoms with Crippen molar-refractivity contribution >= 4 is 28.6 Å². The highest BCUT2D eigenvalue weighted by atomic mass is 32.2. The second-order valence-corrected chi connectivity index (χ2v) is 4.91. The fourth-order valence-corrected chi connectivity index (χ4v) is 2.50. The van der Waals surface area contributed by atoms with Crippen LogP contribution >= 0.6 is 23.5 Å². The lowest BCUT2D eigenvalue weighted by molar-refractivity contribution is 0.863. The Morgan fingerprint density at radius 2 is 2.12 bits per heavy atom. The molecule has 1 aromatic heterocycles. The van der Waals surface area contributed by atoms with Crippen molar-refractivity contribution in [3.8, 4) is 0 Å². The van der Waals surface area contributed by atoms with E-state index in [4.69, 9.17) is 0 Å². The van der Waals surface area contributed by atoms with Gasteiger partial charge in [-0.15, -0.1) is 0 Å². The van der Waals surface area contributed by atoms with Crippen molar-refractivity contribution in [2.75, 3.05) is 4.72 Å². The Balaban J connectivity index is 1.89. The lowest BCUT2D eigenvalue weighted by atomic mass is 10.3. The van der Waals surface area contributed by atoms with Crippen LogP contribution in [0.3, 0.4) is 0 Å². The molecular weight excluding hydrogens is 238 g/mol. The van der Waals surface area contributed by atoms with Crippen molar-refractivity contribution in [3.63, 3.8) is 0 Å². The molecule has 0 radical (unpaired) electrons. The molecule has 0 fully saturated rings. The fourth-order valence-electron chi connectivity index (χ4n) is 1.21. The van der Waals surface area contributed by atoms with Gasteiger partial charge in [0.1, 0.15) is 5.82 Å². The van der Waals surface area contributed by atoms with Gasteiger partial charge in [0.05, 0.1) is 0 Å². The third-order valence-corrected chi connectivity index (χ3v) is 3.54. The number of nitrogens with zero attached hydrogens (tertiary/aromatic N) is 2. The summed E-state index contributed by atoms with van der Waals surface area (Å²) in [5.74, 6) is 0.934. The second kappa shape index (κ2) is 5.86. The van der Waals surface area contributed by atoms with Crippen LogP contribution in [-0.2, 0) is 6.42 Å². The van der Waals surface area contributed by atoms with Crippen LogP contribution in [0.25, 0.3) is 0 Å². The Morgan fingerprint density at radius 3 is 2.88 bits per heavy atom. The molecule has 1 N–H and O–H groups in total. The topological polar surface area (TPSA) is 37.8 Å². The van der Waals surface area contributed by atoms with Crippen molar-refractivity contribution in [1.29, 1.82) is 0 Å². The van der Waals surface area contributed by atoms with E-state index in [0.29, 0.717) is 0 Å². The Bertz CT molecular complexity index is 428. The quantitative estimate of drug-likeness (QED) is 0.824. The van der Waals surface area contributed by atoms with E-state index in [2.05, 4.69) is 33.1 Å². The van der Waals surface area contributed by atoms with Gasteiger partial charge in [0.15, 0.2) is 0 Å². The molecule has 1 heterocycles. The second-order valence-electron chi connectivity index (χ2n) is 3.28. The lowest BCUT2D eigenvalue weighted by Gasteiger charge is -1.99. The highest BCUT2D eigenvalue weighted by molar-refractivity contribution is 8.00. The molecule has 5 heteroatoms. The molecule has 1 aromatic carbocycles. The molecule has 2 aromatic rings. The minimum Gasteiger partial charge on any atom is -0.300 e. The van der Waals surface area contributed by atoms with Crippen LogP contribution in [-0.4, -0.2) is 9.36 Å². The maximum Gasteiger partial charge on any atom is 0.212 e. The number of nitrogens with one attached hydrogen (secondary N) is 1. The van der Waals surface area contributed by atoms with Gasteiger partial charge in [-0.05, 0) is 30.5 Å². The highest BCUT2D eigenvalue weighted by Gasteiger charge is 2.02. The number of hydrogen-bond donors (Lipinski definition) is 1. The first-order chi connectivity index (χ1) is 7.88. The van der Waals surface area contributed by atoms with E-state index in [1.807, 2.05) is 18.2 Å². The van der Waals surface area contributed by atoms with E-state index in [1.54, 1.807) is 11.9 Å². The van der Waals surface area contributed by atoms with Crippen molar-refractivity contribution in [1.82, 2.24) is 9.36 Å². The smallest absolute Gasteiger partial charge is 0.212 e. The van der Waals surface area contributed by atoms with Crippen LogP contribution in [0.15, 0.2) is 35.2 Å². The van der Waals surface area contributed by atoms with Crippen LogP contribution in [0.1, 0.15) is 19.2 Å². The van der Waals surface area contributed by atoms with Crippen molar-refractivity contribution in [3.05, 3.63) is 36.2 Å². The Hall–Kier alpha value is -1.07. The molecule has 0 aliphatic heterocycles. The average Bonchev–Trinajstić information content (AvgIpc) is 2.76. The predicted octanol–water partition coefficient (Wildman–Crippen LogP) is 3.61. The Kier molecular flexibility index (Phi) is 4.18. The molecule has 0 saturated carbocycles. The van der Waals surface area contributed by atoms with Gasteiger partial charge < -0.3 is 4.72 Å². The van der Waals surface area contributed by atoms with Crippen molar-refractivity contribution in [2.24, 2.45) is 0 Å².